The van der Waals surface area contributed by atoms with Crippen LogP contribution in [-0.2, 0) is 11.2 Å². The smallest absolute Gasteiger partial charge is 0.237 e. The maximum atomic E-state index is 11.9. The van der Waals surface area contributed by atoms with Gasteiger partial charge < -0.3 is 11.1 Å². The maximum Gasteiger partial charge on any atom is 0.237 e. The fraction of sp³-hybridized carbons (Fsp3) is 0.533. The molecule has 1 fully saturated rings. The van der Waals surface area contributed by atoms with Gasteiger partial charge in [-0.1, -0.05) is 43.2 Å². The Kier molecular flexibility index (Phi) is 4.76. The van der Waals surface area contributed by atoms with Crippen LogP contribution in [0.15, 0.2) is 30.3 Å². The number of amides is 1. The number of nitrogens with one attached hydrogen (secondary N) is 1. The van der Waals surface area contributed by atoms with Crippen LogP contribution in [0.25, 0.3) is 0 Å². The van der Waals surface area contributed by atoms with E-state index < -0.39 is 0 Å². The number of nitrogens with two attached hydrogens (primary N) is 1. The quantitative estimate of drug-likeness (QED) is 0.835. The van der Waals surface area contributed by atoms with Crippen molar-refractivity contribution in [2.45, 2.75) is 50.6 Å². The fourth-order valence-corrected chi connectivity index (χ4v) is 2.48. The topological polar surface area (TPSA) is 55.1 Å². The van der Waals surface area contributed by atoms with Crippen LogP contribution in [0.2, 0.25) is 0 Å². The van der Waals surface area contributed by atoms with Crippen molar-refractivity contribution in [3.05, 3.63) is 35.9 Å². The predicted octanol–water partition coefficient (Wildman–Crippen LogP) is 2.01. The summed E-state index contributed by atoms with van der Waals surface area (Å²) in [4.78, 5) is 11.9. The maximum absolute atomic E-state index is 11.9. The van der Waals surface area contributed by atoms with E-state index in [1.165, 1.54) is 18.4 Å². The number of rotatable bonds is 5. The van der Waals surface area contributed by atoms with E-state index in [-0.39, 0.29) is 11.9 Å². The van der Waals surface area contributed by atoms with Gasteiger partial charge in [0.1, 0.15) is 0 Å². The zero-order valence-electron chi connectivity index (χ0n) is 10.8. The van der Waals surface area contributed by atoms with E-state index in [0.717, 1.165) is 19.3 Å². The monoisotopic (exact) mass is 246 g/mol. The number of carbonyl (C=O) groups is 1. The van der Waals surface area contributed by atoms with E-state index in [1.807, 2.05) is 18.2 Å². The molecule has 3 N–H and O–H groups in total. The van der Waals surface area contributed by atoms with Gasteiger partial charge in [-0.05, 0) is 31.2 Å². The van der Waals surface area contributed by atoms with Gasteiger partial charge in [-0.15, -0.1) is 0 Å². The minimum Gasteiger partial charge on any atom is -0.352 e. The molecule has 0 heterocycles. The second kappa shape index (κ2) is 6.55. The summed E-state index contributed by atoms with van der Waals surface area (Å²) in [6.45, 7) is 0. The Morgan fingerprint density at radius 2 is 1.94 bits per heavy atom. The largest absolute Gasteiger partial charge is 0.352 e. The van der Waals surface area contributed by atoms with Gasteiger partial charge in [-0.3, -0.25) is 4.79 Å². The first-order valence-electron chi connectivity index (χ1n) is 6.85. The molecular weight excluding hydrogens is 224 g/mol. The third kappa shape index (κ3) is 3.84. The van der Waals surface area contributed by atoms with Gasteiger partial charge in [0, 0.05) is 6.04 Å². The molecule has 0 bridgehead atoms. The molecule has 3 nitrogen and oxygen atoms in total. The summed E-state index contributed by atoms with van der Waals surface area (Å²) in [7, 11) is 0. The van der Waals surface area contributed by atoms with E-state index in [9.17, 15) is 4.79 Å². The highest BCUT2D eigenvalue weighted by Crippen LogP contribution is 2.17. The number of carbonyl (C=O) groups excluding carboxylic acids is 1. The molecule has 0 radical (unpaired) electrons. The number of hydrogen-bond acceptors (Lipinski definition) is 2. The normalized spacial score (nSPS) is 17.6. The molecule has 98 valence electrons. The molecule has 1 saturated carbocycles. The molecule has 1 aliphatic rings. The Hall–Kier alpha value is -1.35. The van der Waals surface area contributed by atoms with Crippen molar-refractivity contribution in [2.24, 2.45) is 5.73 Å². The van der Waals surface area contributed by atoms with Gasteiger partial charge in [0.2, 0.25) is 5.91 Å². The van der Waals surface area contributed by atoms with Crippen LogP contribution in [0, 0.1) is 0 Å². The molecule has 0 aromatic heterocycles. The van der Waals surface area contributed by atoms with Crippen molar-refractivity contribution in [1.82, 2.24) is 5.32 Å². The average molecular weight is 246 g/mol. The lowest BCUT2D eigenvalue weighted by Crippen LogP contribution is -2.44. The number of benzene rings is 1. The summed E-state index contributed by atoms with van der Waals surface area (Å²) >= 11 is 0. The standard InChI is InChI=1S/C15H22N2O/c16-14(11-10-12-6-2-1-3-7-12)15(18)17-13-8-4-5-9-13/h1-3,6-7,13-14H,4-5,8-11,16H2,(H,17,18)/t14-/m0/s1. The van der Waals surface area contributed by atoms with Crippen molar-refractivity contribution in [1.29, 1.82) is 0 Å². The second-order valence-corrected chi connectivity index (χ2v) is 5.12. The minimum absolute atomic E-state index is 0.0119. The van der Waals surface area contributed by atoms with Crippen molar-refractivity contribution in [3.63, 3.8) is 0 Å². The molecule has 0 unspecified atom stereocenters. The summed E-state index contributed by atoms with van der Waals surface area (Å²) < 4.78 is 0. The lowest BCUT2D eigenvalue weighted by Gasteiger charge is -2.16. The Morgan fingerprint density at radius 1 is 1.28 bits per heavy atom. The Balaban J connectivity index is 1.73. The van der Waals surface area contributed by atoms with Gasteiger partial charge in [0.15, 0.2) is 0 Å². The third-order valence-electron chi connectivity index (χ3n) is 3.63. The molecule has 0 spiro atoms. The SMILES string of the molecule is N[C@@H](CCc1ccccc1)C(=O)NC1CCCC1. The molecule has 1 aromatic rings. The lowest BCUT2D eigenvalue weighted by atomic mass is 10.0. The highest BCUT2D eigenvalue weighted by atomic mass is 16.2. The summed E-state index contributed by atoms with van der Waals surface area (Å²) in [6, 6.07) is 10.1. The predicted molar refractivity (Wildman–Crippen MR) is 73.1 cm³/mol. The molecule has 18 heavy (non-hydrogen) atoms. The lowest BCUT2D eigenvalue weighted by molar-refractivity contribution is -0.123. The van der Waals surface area contributed by atoms with E-state index >= 15 is 0 Å². The Bertz CT molecular complexity index is 371. The first kappa shape index (κ1) is 13.1. The van der Waals surface area contributed by atoms with Crippen molar-refractivity contribution < 1.29 is 4.79 Å². The number of hydrogen-bond donors (Lipinski definition) is 2. The van der Waals surface area contributed by atoms with Gasteiger partial charge >= 0.3 is 0 Å². The zero-order chi connectivity index (χ0) is 12.8. The van der Waals surface area contributed by atoms with Crippen LogP contribution >= 0.6 is 0 Å². The van der Waals surface area contributed by atoms with Crippen molar-refractivity contribution >= 4 is 5.91 Å². The zero-order valence-corrected chi connectivity index (χ0v) is 10.8. The molecule has 1 aromatic carbocycles. The Labute approximate surface area is 109 Å². The fourth-order valence-electron chi connectivity index (χ4n) is 2.48. The molecular formula is C15H22N2O. The molecule has 1 atom stereocenters. The van der Waals surface area contributed by atoms with E-state index in [4.69, 9.17) is 5.73 Å². The van der Waals surface area contributed by atoms with Crippen LogP contribution in [0.1, 0.15) is 37.7 Å². The van der Waals surface area contributed by atoms with Gasteiger partial charge in [-0.2, -0.15) is 0 Å². The summed E-state index contributed by atoms with van der Waals surface area (Å²) in [5.74, 6) is 0.0119. The highest BCUT2D eigenvalue weighted by molar-refractivity contribution is 5.81. The van der Waals surface area contributed by atoms with E-state index in [2.05, 4.69) is 17.4 Å². The molecule has 1 amide bonds. The molecule has 2 rings (SSSR count). The van der Waals surface area contributed by atoms with Gasteiger partial charge in [-0.25, -0.2) is 0 Å². The first-order chi connectivity index (χ1) is 8.75. The Morgan fingerprint density at radius 3 is 2.61 bits per heavy atom. The van der Waals surface area contributed by atoms with Gasteiger partial charge in [0.25, 0.3) is 0 Å². The first-order valence-corrected chi connectivity index (χ1v) is 6.85. The highest BCUT2D eigenvalue weighted by Gasteiger charge is 2.20. The number of aryl methyl sites for hydroxylation is 1. The molecule has 0 aliphatic heterocycles. The van der Waals surface area contributed by atoms with E-state index in [1.54, 1.807) is 0 Å². The minimum atomic E-state index is -0.384. The molecule has 1 aliphatic carbocycles. The molecule has 3 heteroatoms. The second-order valence-electron chi connectivity index (χ2n) is 5.12. The van der Waals surface area contributed by atoms with Crippen LogP contribution in [0.4, 0.5) is 0 Å². The van der Waals surface area contributed by atoms with E-state index in [0.29, 0.717) is 12.5 Å². The summed E-state index contributed by atoms with van der Waals surface area (Å²) in [6.07, 6.45) is 6.24. The van der Waals surface area contributed by atoms with Gasteiger partial charge in [0.05, 0.1) is 6.04 Å². The van der Waals surface area contributed by atoms with Crippen LogP contribution in [0.5, 0.6) is 0 Å². The van der Waals surface area contributed by atoms with Crippen molar-refractivity contribution in [2.75, 3.05) is 0 Å². The summed E-state index contributed by atoms with van der Waals surface area (Å²) in [5, 5.41) is 3.05. The van der Waals surface area contributed by atoms with Crippen molar-refractivity contribution in [3.8, 4) is 0 Å². The van der Waals surface area contributed by atoms with Crippen LogP contribution < -0.4 is 11.1 Å². The van der Waals surface area contributed by atoms with Crippen LogP contribution in [-0.4, -0.2) is 18.0 Å². The third-order valence-corrected chi connectivity index (χ3v) is 3.63. The molecule has 0 saturated heterocycles. The summed E-state index contributed by atoms with van der Waals surface area (Å²) in [5.41, 5.74) is 7.17. The van der Waals surface area contributed by atoms with Crippen LogP contribution in [0.3, 0.4) is 0 Å². The average Bonchev–Trinajstić information content (AvgIpc) is 2.90.